The van der Waals surface area contributed by atoms with E-state index in [4.69, 9.17) is 0 Å². The lowest BCUT2D eigenvalue weighted by atomic mass is 10.3. The average molecular weight is 309 g/mol. The monoisotopic (exact) mass is 308 g/mol. The molecule has 0 aromatic heterocycles. The molecule has 1 aliphatic heterocycles. The first-order chi connectivity index (χ1) is 8.12. The van der Waals surface area contributed by atoms with Gasteiger partial charge in [-0.3, -0.25) is 0 Å². The number of benzene rings is 1. The first-order valence-corrected chi connectivity index (χ1v) is 8.20. The van der Waals surface area contributed by atoms with Crippen LogP contribution in [0, 0.1) is 0 Å². The second-order valence-electron chi connectivity index (χ2n) is 3.99. The maximum atomic E-state index is 12.1. The van der Waals surface area contributed by atoms with Crippen LogP contribution in [0.3, 0.4) is 0 Å². The van der Waals surface area contributed by atoms with Crippen molar-refractivity contribution >= 4 is 34.2 Å². The van der Waals surface area contributed by atoms with Crippen LogP contribution in [-0.2, 0) is 10.0 Å². The van der Waals surface area contributed by atoms with Gasteiger partial charge in [-0.15, -0.1) is 24.2 Å². The summed E-state index contributed by atoms with van der Waals surface area (Å²) in [5.74, 6) is 0. The zero-order valence-corrected chi connectivity index (χ0v) is 12.5. The second-order valence-corrected chi connectivity index (χ2v) is 6.58. The zero-order valence-electron chi connectivity index (χ0n) is 10.0. The van der Waals surface area contributed by atoms with Gasteiger partial charge in [0.15, 0.2) is 0 Å². The molecule has 1 saturated heterocycles. The summed E-state index contributed by atoms with van der Waals surface area (Å²) in [6.45, 7) is 1.58. The topological polar surface area (TPSA) is 58.2 Å². The van der Waals surface area contributed by atoms with Crippen molar-refractivity contribution in [2.24, 2.45) is 0 Å². The molecule has 2 N–H and O–H groups in total. The van der Waals surface area contributed by atoms with Crippen molar-refractivity contribution in [2.75, 3.05) is 19.3 Å². The number of hydrogen-bond acceptors (Lipinski definition) is 4. The van der Waals surface area contributed by atoms with E-state index in [1.165, 1.54) is 11.8 Å². The first-order valence-electron chi connectivity index (χ1n) is 5.49. The van der Waals surface area contributed by atoms with Crippen molar-refractivity contribution in [3.8, 4) is 0 Å². The molecule has 0 amide bonds. The van der Waals surface area contributed by atoms with Crippen molar-refractivity contribution in [1.82, 2.24) is 10.0 Å². The number of sulfonamides is 1. The number of rotatable bonds is 4. The van der Waals surface area contributed by atoms with Gasteiger partial charge in [0.05, 0.1) is 4.90 Å². The lowest BCUT2D eigenvalue weighted by Gasteiger charge is -2.12. The predicted octanol–water partition coefficient (Wildman–Crippen LogP) is 1.47. The van der Waals surface area contributed by atoms with Gasteiger partial charge < -0.3 is 5.32 Å². The first kappa shape index (κ1) is 15.8. The van der Waals surface area contributed by atoms with Crippen LogP contribution in [0.25, 0.3) is 0 Å². The fraction of sp³-hybridized carbons (Fsp3) is 0.455. The van der Waals surface area contributed by atoms with E-state index in [1.54, 1.807) is 18.2 Å². The van der Waals surface area contributed by atoms with Crippen LogP contribution >= 0.6 is 24.2 Å². The van der Waals surface area contributed by atoms with Crippen LogP contribution in [0.5, 0.6) is 0 Å². The maximum absolute atomic E-state index is 12.1. The van der Waals surface area contributed by atoms with Crippen molar-refractivity contribution < 1.29 is 8.42 Å². The highest BCUT2D eigenvalue weighted by Crippen LogP contribution is 2.19. The molecule has 1 heterocycles. The van der Waals surface area contributed by atoms with Gasteiger partial charge in [-0.1, -0.05) is 6.07 Å². The van der Waals surface area contributed by atoms with Crippen molar-refractivity contribution in [3.63, 3.8) is 0 Å². The molecule has 0 radical (unpaired) electrons. The van der Waals surface area contributed by atoms with Crippen molar-refractivity contribution in [1.29, 1.82) is 0 Å². The summed E-state index contributed by atoms with van der Waals surface area (Å²) in [6.07, 6.45) is 2.78. The van der Waals surface area contributed by atoms with Crippen molar-refractivity contribution in [2.45, 2.75) is 22.3 Å². The van der Waals surface area contributed by atoms with Gasteiger partial charge in [0.25, 0.3) is 0 Å². The van der Waals surface area contributed by atoms with Gasteiger partial charge in [-0.2, -0.15) is 0 Å². The normalized spacial score (nSPS) is 19.5. The Morgan fingerprint density at radius 1 is 1.44 bits per heavy atom. The molecule has 0 bridgehead atoms. The Labute approximate surface area is 118 Å². The summed E-state index contributed by atoms with van der Waals surface area (Å²) in [7, 11) is -3.38. The predicted molar refractivity (Wildman–Crippen MR) is 77.1 cm³/mol. The Morgan fingerprint density at radius 2 is 2.22 bits per heavy atom. The lowest BCUT2D eigenvalue weighted by molar-refractivity contribution is 0.560. The Hall–Kier alpha value is -0.270. The minimum Gasteiger partial charge on any atom is -0.315 e. The van der Waals surface area contributed by atoms with E-state index in [-0.39, 0.29) is 18.4 Å². The highest BCUT2D eigenvalue weighted by Gasteiger charge is 2.22. The SMILES string of the molecule is CSc1cccc(S(=O)(=O)NC2CCNC2)c1.Cl. The summed E-state index contributed by atoms with van der Waals surface area (Å²) >= 11 is 1.54. The largest absolute Gasteiger partial charge is 0.315 e. The van der Waals surface area contributed by atoms with Crippen LogP contribution in [-0.4, -0.2) is 33.8 Å². The van der Waals surface area contributed by atoms with E-state index in [0.717, 1.165) is 17.9 Å². The molecule has 1 aromatic carbocycles. The van der Waals surface area contributed by atoms with Gasteiger partial charge in [-0.05, 0) is 37.4 Å². The fourth-order valence-corrected chi connectivity index (χ4v) is 3.66. The molecule has 1 aromatic rings. The molecular formula is C11H17ClN2O2S2. The molecule has 7 heteroatoms. The Kier molecular flexibility index (Phi) is 5.94. The van der Waals surface area contributed by atoms with Gasteiger partial charge in [0.2, 0.25) is 10.0 Å². The van der Waals surface area contributed by atoms with E-state index in [0.29, 0.717) is 11.4 Å². The van der Waals surface area contributed by atoms with Gasteiger partial charge in [0, 0.05) is 17.5 Å². The second kappa shape index (κ2) is 6.77. The lowest BCUT2D eigenvalue weighted by Crippen LogP contribution is -2.36. The van der Waals surface area contributed by atoms with Crippen LogP contribution in [0.4, 0.5) is 0 Å². The van der Waals surface area contributed by atoms with Gasteiger partial charge in [0.1, 0.15) is 0 Å². The zero-order chi connectivity index (χ0) is 12.3. The summed E-state index contributed by atoms with van der Waals surface area (Å²) in [4.78, 5) is 1.30. The molecule has 102 valence electrons. The smallest absolute Gasteiger partial charge is 0.240 e. The highest BCUT2D eigenvalue weighted by molar-refractivity contribution is 7.98. The summed E-state index contributed by atoms with van der Waals surface area (Å²) < 4.78 is 26.9. The third-order valence-corrected chi connectivity index (χ3v) is 4.98. The molecular weight excluding hydrogens is 292 g/mol. The third-order valence-electron chi connectivity index (χ3n) is 2.73. The standard InChI is InChI=1S/C11H16N2O2S2.ClH/c1-16-10-3-2-4-11(7-10)17(14,15)13-9-5-6-12-8-9;/h2-4,7,9,12-13H,5-6,8H2,1H3;1H. The molecule has 1 fully saturated rings. The molecule has 0 aliphatic carbocycles. The molecule has 1 unspecified atom stereocenters. The minimum atomic E-state index is -3.38. The van der Waals surface area contributed by atoms with E-state index in [2.05, 4.69) is 10.0 Å². The average Bonchev–Trinajstić information content (AvgIpc) is 2.81. The van der Waals surface area contributed by atoms with Gasteiger partial charge in [-0.25, -0.2) is 13.1 Å². The van der Waals surface area contributed by atoms with Crippen LogP contribution < -0.4 is 10.0 Å². The summed E-state index contributed by atoms with van der Waals surface area (Å²) in [5, 5.41) is 3.14. The number of thioether (sulfide) groups is 1. The molecule has 18 heavy (non-hydrogen) atoms. The molecule has 4 nitrogen and oxygen atoms in total. The number of nitrogens with one attached hydrogen (secondary N) is 2. The van der Waals surface area contributed by atoms with Crippen LogP contribution in [0.15, 0.2) is 34.1 Å². The van der Waals surface area contributed by atoms with Crippen LogP contribution in [0.1, 0.15) is 6.42 Å². The third kappa shape index (κ3) is 3.86. The fourth-order valence-electron chi connectivity index (χ4n) is 1.81. The van der Waals surface area contributed by atoms with Crippen molar-refractivity contribution in [3.05, 3.63) is 24.3 Å². The van der Waals surface area contributed by atoms with E-state index in [9.17, 15) is 8.42 Å². The number of halogens is 1. The summed E-state index contributed by atoms with van der Waals surface area (Å²) in [6, 6.07) is 7.02. The van der Waals surface area contributed by atoms with E-state index in [1.807, 2.05) is 12.3 Å². The Balaban J connectivity index is 0.00000162. The van der Waals surface area contributed by atoms with E-state index < -0.39 is 10.0 Å². The number of hydrogen-bond donors (Lipinski definition) is 2. The molecule has 1 aliphatic rings. The maximum Gasteiger partial charge on any atom is 0.240 e. The molecule has 2 rings (SSSR count). The molecule has 0 saturated carbocycles. The summed E-state index contributed by atoms with van der Waals surface area (Å²) in [5.41, 5.74) is 0. The molecule has 1 atom stereocenters. The Morgan fingerprint density at radius 3 is 2.83 bits per heavy atom. The molecule has 0 spiro atoms. The van der Waals surface area contributed by atoms with Crippen LogP contribution in [0.2, 0.25) is 0 Å². The minimum absolute atomic E-state index is 0. The van der Waals surface area contributed by atoms with E-state index >= 15 is 0 Å². The quantitative estimate of drug-likeness (QED) is 0.827. The van der Waals surface area contributed by atoms with Gasteiger partial charge >= 0.3 is 0 Å². The Bertz CT molecular complexity index is 488. The highest BCUT2D eigenvalue weighted by atomic mass is 35.5.